The van der Waals surface area contributed by atoms with Crippen molar-refractivity contribution < 1.29 is 13.2 Å². The van der Waals surface area contributed by atoms with Gasteiger partial charge in [0.1, 0.15) is 0 Å². The number of nitrogens with two attached hydrogens (primary N) is 1. The molecule has 0 aromatic heterocycles. The first-order chi connectivity index (χ1) is 10.9. The minimum atomic E-state index is -3.71. The molecule has 0 spiro atoms. The van der Waals surface area contributed by atoms with Gasteiger partial charge in [-0.2, -0.15) is 13.7 Å². The van der Waals surface area contributed by atoms with E-state index in [0.717, 1.165) is 12.8 Å². The third-order valence-electron chi connectivity index (χ3n) is 3.64. The van der Waals surface area contributed by atoms with Crippen molar-refractivity contribution in [3.05, 3.63) is 29.8 Å². The molecule has 1 fully saturated rings. The highest BCUT2D eigenvalue weighted by Crippen LogP contribution is 2.17. The minimum Gasteiger partial charge on any atom is -0.324 e. The number of nitrogens with zero attached hydrogens (tertiary/aromatic N) is 2. The fourth-order valence-electron chi connectivity index (χ4n) is 2.48. The number of hydrogen-bond donors (Lipinski definition) is 3. The van der Waals surface area contributed by atoms with Crippen LogP contribution in [0, 0.1) is 17.2 Å². The lowest BCUT2D eigenvalue weighted by molar-refractivity contribution is 0.178. The number of urea groups is 1. The number of likely N-dealkylation sites (tertiary alicyclic amines) is 1. The molecule has 1 atom stereocenters. The van der Waals surface area contributed by atoms with Crippen molar-refractivity contribution in [2.24, 2.45) is 11.1 Å². The fraction of sp³-hybridized carbons (Fsp3) is 0.429. The number of rotatable bonds is 4. The average Bonchev–Trinajstić information content (AvgIpc) is 2.53. The number of carbonyl (C=O) groups excluding carboxylic acids is 1. The molecule has 4 N–H and O–H groups in total. The summed E-state index contributed by atoms with van der Waals surface area (Å²) in [6.07, 6.45) is 1.64. The Hall–Kier alpha value is -2.15. The summed E-state index contributed by atoms with van der Waals surface area (Å²) in [5, 5.41) is 16.4. The van der Waals surface area contributed by atoms with Crippen LogP contribution in [0.5, 0.6) is 0 Å². The average molecular weight is 337 g/mol. The second-order valence-electron chi connectivity index (χ2n) is 5.47. The summed E-state index contributed by atoms with van der Waals surface area (Å²) in [6.45, 7) is 1.30. The summed E-state index contributed by atoms with van der Waals surface area (Å²) < 4.78 is 24.1. The maximum absolute atomic E-state index is 12.3. The summed E-state index contributed by atoms with van der Waals surface area (Å²) in [5.41, 5.74) is 1.13. The van der Waals surface area contributed by atoms with Crippen molar-refractivity contribution in [2.45, 2.75) is 12.8 Å². The molecule has 1 aromatic carbocycles. The molecule has 23 heavy (non-hydrogen) atoms. The number of benzene rings is 1. The predicted molar refractivity (Wildman–Crippen MR) is 85.6 cm³/mol. The highest BCUT2D eigenvalue weighted by atomic mass is 32.2. The molecule has 1 aromatic rings. The molecule has 0 saturated carbocycles. The van der Waals surface area contributed by atoms with E-state index in [1.807, 2.05) is 6.07 Å². The summed E-state index contributed by atoms with van der Waals surface area (Å²) in [5.74, 6) is 0.0359. The molecule has 2 rings (SSSR count). The summed E-state index contributed by atoms with van der Waals surface area (Å²) in [7, 11) is -3.71. The van der Waals surface area contributed by atoms with Crippen LogP contribution in [0.1, 0.15) is 18.4 Å². The monoisotopic (exact) mass is 337 g/mol. The summed E-state index contributed by atoms with van der Waals surface area (Å²) in [6, 6.07) is 8.37. The molecule has 124 valence electrons. The van der Waals surface area contributed by atoms with Crippen LogP contribution >= 0.6 is 0 Å². The Morgan fingerprint density at radius 3 is 2.70 bits per heavy atom. The number of hydrogen-bond acceptors (Lipinski definition) is 4. The van der Waals surface area contributed by atoms with Crippen LogP contribution < -0.4 is 15.2 Å². The highest BCUT2D eigenvalue weighted by Gasteiger charge is 2.24. The van der Waals surface area contributed by atoms with Crippen molar-refractivity contribution in [2.75, 3.05) is 25.0 Å². The van der Waals surface area contributed by atoms with Gasteiger partial charge in [0.15, 0.2) is 0 Å². The summed E-state index contributed by atoms with van der Waals surface area (Å²) in [4.78, 5) is 13.9. The molecule has 9 heteroatoms. The number of carbonyl (C=O) groups is 1. The Balaban J connectivity index is 1.89. The van der Waals surface area contributed by atoms with E-state index in [4.69, 9.17) is 10.4 Å². The molecule has 1 aliphatic heterocycles. The highest BCUT2D eigenvalue weighted by molar-refractivity contribution is 7.87. The van der Waals surface area contributed by atoms with Gasteiger partial charge in [0.2, 0.25) is 0 Å². The van der Waals surface area contributed by atoms with E-state index in [2.05, 4.69) is 10.0 Å². The van der Waals surface area contributed by atoms with Crippen LogP contribution in [-0.2, 0) is 10.2 Å². The van der Waals surface area contributed by atoms with Crippen molar-refractivity contribution in [1.29, 1.82) is 5.26 Å². The first kappa shape index (κ1) is 17.2. The third-order valence-corrected chi connectivity index (χ3v) is 4.21. The second-order valence-corrected chi connectivity index (χ2v) is 6.85. The molecule has 2 amide bonds. The van der Waals surface area contributed by atoms with Gasteiger partial charge >= 0.3 is 6.03 Å². The van der Waals surface area contributed by atoms with Gasteiger partial charge in [-0.05, 0) is 43.0 Å². The second kappa shape index (κ2) is 7.41. The van der Waals surface area contributed by atoms with Crippen molar-refractivity contribution in [1.82, 2.24) is 9.62 Å². The van der Waals surface area contributed by atoms with Crippen LogP contribution in [-0.4, -0.2) is 39.0 Å². The van der Waals surface area contributed by atoms with Gasteiger partial charge in [0.05, 0.1) is 11.6 Å². The lowest BCUT2D eigenvalue weighted by Crippen LogP contribution is -2.46. The van der Waals surface area contributed by atoms with Gasteiger partial charge in [0.25, 0.3) is 10.2 Å². The van der Waals surface area contributed by atoms with Crippen LogP contribution in [0.2, 0.25) is 0 Å². The molecule has 8 nitrogen and oxygen atoms in total. The molecule has 1 saturated heterocycles. The smallest absolute Gasteiger partial charge is 0.321 e. The van der Waals surface area contributed by atoms with Gasteiger partial charge in [-0.25, -0.2) is 14.7 Å². The number of amides is 2. The first-order valence-corrected chi connectivity index (χ1v) is 8.75. The Morgan fingerprint density at radius 2 is 2.09 bits per heavy atom. The van der Waals surface area contributed by atoms with Gasteiger partial charge < -0.3 is 10.2 Å². The van der Waals surface area contributed by atoms with Gasteiger partial charge in [0, 0.05) is 25.3 Å². The molecule has 0 bridgehead atoms. The van der Waals surface area contributed by atoms with Crippen molar-refractivity contribution >= 4 is 21.9 Å². The molecular weight excluding hydrogens is 318 g/mol. The van der Waals surface area contributed by atoms with Gasteiger partial charge in [-0.3, -0.25) is 0 Å². The Morgan fingerprint density at radius 1 is 1.39 bits per heavy atom. The lowest BCUT2D eigenvalue weighted by atomic mass is 9.99. The van der Waals surface area contributed by atoms with E-state index in [9.17, 15) is 13.2 Å². The summed E-state index contributed by atoms with van der Waals surface area (Å²) >= 11 is 0. The fourth-order valence-corrected chi connectivity index (χ4v) is 2.95. The zero-order valence-electron chi connectivity index (χ0n) is 12.5. The number of piperidine rings is 1. The molecule has 0 radical (unpaired) electrons. The van der Waals surface area contributed by atoms with Crippen LogP contribution in [0.4, 0.5) is 10.5 Å². The predicted octanol–water partition coefficient (Wildman–Crippen LogP) is 0.595. The number of nitriles is 1. The minimum absolute atomic E-state index is 0.0359. The van der Waals surface area contributed by atoms with Crippen LogP contribution in [0.15, 0.2) is 24.3 Å². The van der Waals surface area contributed by atoms with E-state index in [0.29, 0.717) is 24.3 Å². The zero-order valence-corrected chi connectivity index (χ0v) is 13.3. The van der Waals surface area contributed by atoms with E-state index in [1.165, 1.54) is 0 Å². The molecule has 1 heterocycles. The van der Waals surface area contributed by atoms with Crippen LogP contribution in [0.25, 0.3) is 0 Å². The van der Waals surface area contributed by atoms with Gasteiger partial charge in [-0.15, -0.1) is 0 Å². The van der Waals surface area contributed by atoms with Crippen molar-refractivity contribution in [3.8, 4) is 6.07 Å². The maximum atomic E-state index is 12.3. The van der Waals surface area contributed by atoms with E-state index in [1.54, 1.807) is 29.2 Å². The van der Waals surface area contributed by atoms with Crippen molar-refractivity contribution in [3.63, 3.8) is 0 Å². The Bertz CT molecular complexity index is 696. The Kier molecular flexibility index (Phi) is 5.54. The zero-order chi connectivity index (χ0) is 16.9. The molecule has 1 aliphatic rings. The lowest BCUT2D eigenvalue weighted by Gasteiger charge is -2.32. The molecule has 0 aliphatic carbocycles. The number of nitrogens with one attached hydrogen (secondary N) is 2. The van der Waals surface area contributed by atoms with E-state index >= 15 is 0 Å². The van der Waals surface area contributed by atoms with Gasteiger partial charge in [-0.1, -0.05) is 0 Å². The topological polar surface area (TPSA) is 128 Å². The maximum Gasteiger partial charge on any atom is 0.321 e. The number of anilines is 1. The van der Waals surface area contributed by atoms with Crippen LogP contribution in [0.3, 0.4) is 0 Å². The largest absolute Gasteiger partial charge is 0.324 e. The molecule has 1 unspecified atom stereocenters. The SMILES string of the molecule is N#Cc1ccc(NC(=O)N2CCCC(CNS(N)(=O)=O)C2)cc1. The molecular formula is C14H19N5O3S. The normalized spacial score (nSPS) is 18.3. The Labute approximate surface area is 135 Å². The van der Waals surface area contributed by atoms with E-state index in [-0.39, 0.29) is 18.5 Å². The standard InChI is InChI=1S/C14H19N5O3S/c15-8-11-3-5-13(6-4-11)18-14(20)19-7-1-2-12(10-19)9-17-23(16,21)22/h3-6,12,17H,1-2,7,9-10H2,(H,18,20)(H2,16,21,22). The quantitative estimate of drug-likeness (QED) is 0.743. The van der Waals surface area contributed by atoms with E-state index < -0.39 is 10.2 Å². The first-order valence-electron chi connectivity index (χ1n) is 7.21. The third kappa shape index (κ3) is 5.52.